The van der Waals surface area contributed by atoms with E-state index in [1.807, 2.05) is 73.2 Å². The molecule has 0 saturated carbocycles. The van der Waals surface area contributed by atoms with Crippen molar-refractivity contribution in [3.63, 3.8) is 0 Å². The van der Waals surface area contributed by atoms with Gasteiger partial charge in [0.25, 0.3) is 0 Å². The zero-order valence-corrected chi connectivity index (χ0v) is 21.3. The number of hydrogen-bond donors (Lipinski definition) is 1. The first-order valence-corrected chi connectivity index (χ1v) is 12.7. The average molecular weight is 489 g/mol. The highest BCUT2D eigenvalue weighted by molar-refractivity contribution is 5.78. The fourth-order valence-corrected chi connectivity index (χ4v) is 3.38. The molecule has 0 atom stereocenters. The molecule has 3 aromatic carbocycles. The summed E-state index contributed by atoms with van der Waals surface area (Å²) in [6, 6.07) is 30.8. The number of allylic oxidation sites excluding steroid dienone is 2. The van der Waals surface area contributed by atoms with Crippen LogP contribution in [-0.2, 0) is 0 Å². The Morgan fingerprint density at radius 3 is 1.70 bits per heavy atom. The molecule has 37 heavy (non-hydrogen) atoms. The van der Waals surface area contributed by atoms with E-state index in [2.05, 4.69) is 99.2 Å². The summed E-state index contributed by atoms with van der Waals surface area (Å²) in [6.07, 6.45) is 20.2. The first-order chi connectivity index (χ1) is 18.4. The minimum absolute atomic E-state index is 0.718. The van der Waals surface area contributed by atoms with Crippen LogP contribution in [0.1, 0.15) is 16.7 Å². The highest BCUT2D eigenvalue weighted by Crippen LogP contribution is 2.03. The largest absolute Gasteiger partial charge is 0.388 e. The Morgan fingerprint density at radius 1 is 0.622 bits per heavy atom. The monoisotopic (exact) mass is 488 g/mol. The van der Waals surface area contributed by atoms with Crippen LogP contribution in [0.2, 0.25) is 0 Å². The molecule has 0 aromatic heterocycles. The summed E-state index contributed by atoms with van der Waals surface area (Å²) in [5, 5.41) is 3.33. The number of aliphatic imine (C=N–C) groups is 2. The van der Waals surface area contributed by atoms with Gasteiger partial charge in [-0.25, -0.2) is 0 Å². The number of rotatable bonds is 15. The molecule has 0 spiro atoms. The molecule has 0 heterocycles. The molecular weight excluding hydrogens is 452 g/mol. The molecule has 0 radical (unpaired) electrons. The van der Waals surface area contributed by atoms with E-state index in [0.717, 1.165) is 32.7 Å². The minimum Gasteiger partial charge on any atom is -0.388 e. The summed E-state index contributed by atoms with van der Waals surface area (Å²) in [5.74, 6) is 0. The van der Waals surface area contributed by atoms with Crippen LogP contribution in [0.4, 0.5) is 0 Å². The Labute approximate surface area is 221 Å². The van der Waals surface area contributed by atoms with Crippen LogP contribution in [0.15, 0.2) is 132 Å². The number of benzene rings is 3. The highest BCUT2D eigenvalue weighted by Gasteiger charge is 1.96. The van der Waals surface area contributed by atoms with Gasteiger partial charge in [0.2, 0.25) is 0 Å². The quantitative estimate of drug-likeness (QED) is 0.193. The Kier molecular flexibility index (Phi) is 13.1. The smallest absolute Gasteiger partial charge is 0.0564 e. The molecule has 3 rings (SSSR count). The molecule has 4 heteroatoms. The van der Waals surface area contributed by atoms with Crippen molar-refractivity contribution in [1.29, 1.82) is 0 Å². The average Bonchev–Trinajstić information content (AvgIpc) is 2.95. The topological polar surface area (TPSA) is 40.0 Å². The Balaban J connectivity index is 1.41. The zero-order chi connectivity index (χ0) is 25.6. The zero-order valence-electron chi connectivity index (χ0n) is 21.3. The van der Waals surface area contributed by atoms with Gasteiger partial charge in [-0.15, -0.1) is 0 Å². The van der Waals surface area contributed by atoms with Crippen LogP contribution in [0, 0.1) is 0 Å². The molecule has 0 fully saturated rings. The third kappa shape index (κ3) is 12.7. The van der Waals surface area contributed by atoms with Crippen molar-refractivity contribution in [2.24, 2.45) is 9.98 Å². The molecular formula is C33H36N4. The first kappa shape index (κ1) is 27.2. The Morgan fingerprint density at radius 2 is 1.14 bits per heavy atom. The molecule has 0 aliphatic carbocycles. The van der Waals surface area contributed by atoms with Gasteiger partial charge in [-0.2, -0.15) is 0 Å². The third-order valence-electron chi connectivity index (χ3n) is 5.31. The molecule has 0 unspecified atom stereocenters. The molecule has 0 bridgehead atoms. The SMILES string of the molecule is C(/C=C/c1ccccc1)=NCCN/C=C/N(C/C=C/c1ccccc1)CCN=C/C=C/c1ccccc1. The number of nitrogens with zero attached hydrogens (tertiary/aromatic N) is 3. The van der Waals surface area contributed by atoms with E-state index in [1.165, 1.54) is 16.7 Å². The lowest BCUT2D eigenvalue weighted by Gasteiger charge is -2.17. The maximum absolute atomic E-state index is 4.54. The minimum atomic E-state index is 0.718. The second kappa shape index (κ2) is 17.9. The fraction of sp³-hybridized carbons (Fsp3) is 0.152. The maximum atomic E-state index is 4.54. The maximum Gasteiger partial charge on any atom is 0.0564 e. The molecule has 0 aliphatic heterocycles. The molecule has 1 N–H and O–H groups in total. The summed E-state index contributed by atoms with van der Waals surface area (Å²) in [7, 11) is 0. The lowest BCUT2D eigenvalue weighted by atomic mass is 10.2. The lowest BCUT2D eigenvalue weighted by Crippen LogP contribution is -2.22. The third-order valence-corrected chi connectivity index (χ3v) is 5.31. The molecule has 0 saturated heterocycles. The van der Waals surface area contributed by atoms with E-state index in [4.69, 9.17) is 0 Å². The van der Waals surface area contributed by atoms with Crippen LogP contribution in [-0.4, -0.2) is 50.1 Å². The first-order valence-electron chi connectivity index (χ1n) is 12.7. The van der Waals surface area contributed by atoms with E-state index >= 15 is 0 Å². The number of hydrogen-bond acceptors (Lipinski definition) is 4. The van der Waals surface area contributed by atoms with Gasteiger partial charge in [0.1, 0.15) is 0 Å². The van der Waals surface area contributed by atoms with Crippen molar-refractivity contribution in [1.82, 2.24) is 10.2 Å². The second-order valence-corrected chi connectivity index (χ2v) is 8.23. The van der Waals surface area contributed by atoms with E-state index in [0.29, 0.717) is 0 Å². The second-order valence-electron chi connectivity index (χ2n) is 8.23. The summed E-state index contributed by atoms with van der Waals surface area (Å²) >= 11 is 0. The van der Waals surface area contributed by atoms with Crippen LogP contribution in [0.3, 0.4) is 0 Å². The Bertz CT molecular complexity index is 1160. The van der Waals surface area contributed by atoms with E-state index in [-0.39, 0.29) is 0 Å². The van der Waals surface area contributed by atoms with E-state index in [9.17, 15) is 0 Å². The van der Waals surface area contributed by atoms with Crippen molar-refractivity contribution < 1.29 is 0 Å². The molecule has 188 valence electrons. The van der Waals surface area contributed by atoms with E-state index in [1.54, 1.807) is 0 Å². The van der Waals surface area contributed by atoms with Crippen LogP contribution in [0.25, 0.3) is 18.2 Å². The summed E-state index contributed by atoms with van der Waals surface area (Å²) < 4.78 is 0. The number of nitrogens with one attached hydrogen (secondary N) is 1. The normalized spacial score (nSPS) is 12.2. The molecule has 0 amide bonds. The van der Waals surface area contributed by atoms with Crippen LogP contribution in [0.5, 0.6) is 0 Å². The predicted octanol–water partition coefficient (Wildman–Crippen LogP) is 6.63. The van der Waals surface area contributed by atoms with Crippen molar-refractivity contribution in [2.75, 3.05) is 32.7 Å². The van der Waals surface area contributed by atoms with Gasteiger partial charge in [0.15, 0.2) is 0 Å². The van der Waals surface area contributed by atoms with Gasteiger partial charge in [-0.1, -0.05) is 115 Å². The molecule has 4 nitrogen and oxygen atoms in total. The summed E-state index contributed by atoms with van der Waals surface area (Å²) in [6.45, 7) is 3.86. The summed E-state index contributed by atoms with van der Waals surface area (Å²) in [5.41, 5.74) is 3.55. The standard InChI is InChI=1S/C33H36N4/c1-4-13-31(14-5-1)19-10-22-34-24-25-36-27-30-37(28-12-21-33-17-8-3-9-18-33)29-26-35-23-11-20-32-15-6-2-7-16-32/h1-23,27,30,36H,24-26,28-29H2/b19-10+,20-11+,21-12+,30-27+,34-22?,35-23?. The van der Waals surface area contributed by atoms with Gasteiger partial charge >= 0.3 is 0 Å². The predicted molar refractivity (Wildman–Crippen MR) is 162 cm³/mol. The van der Waals surface area contributed by atoms with Crippen molar-refractivity contribution >= 4 is 30.7 Å². The van der Waals surface area contributed by atoms with Crippen molar-refractivity contribution in [3.05, 3.63) is 138 Å². The van der Waals surface area contributed by atoms with Crippen molar-refractivity contribution in [3.8, 4) is 0 Å². The summed E-state index contributed by atoms with van der Waals surface area (Å²) in [4.78, 5) is 11.2. The van der Waals surface area contributed by atoms with Crippen molar-refractivity contribution in [2.45, 2.75) is 0 Å². The Hall–Kier alpha value is -4.44. The fourth-order valence-electron chi connectivity index (χ4n) is 3.38. The van der Waals surface area contributed by atoms with Gasteiger partial charge in [0, 0.05) is 44.5 Å². The van der Waals surface area contributed by atoms with Gasteiger partial charge < -0.3 is 10.2 Å². The highest BCUT2D eigenvalue weighted by atomic mass is 15.1. The van der Waals surface area contributed by atoms with Gasteiger partial charge in [-0.3, -0.25) is 9.98 Å². The van der Waals surface area contributed by atoms with Crippen LogP contribution >= 0.6 is 0 Å². The molecule has 0 aliphatic rings. The van der Waals surface area contributed by atoms with Gasteiger partial charge in [-0.05, 0) is 28.8 Å². The van der Waals surface area contributed by atoms with E-state index < -0.39 is 0 Å². The van der Waals surface area contributed by atoms with Gasteiger partial charge in [0.05, 0.1) is 13.1 Å². The lowest BCUT2D eigenvalue weighted by molar-refractivity contribution is 0.425. The van der Waals surface area contributed by atoms with Crippen LogP contribution < -0.4 is 5.32 Å². The molecule has 3 aromatic rings.